The third-order valence-corrected chi connectivity index (χ3v) is 3.43. The van der Waals surface area contributed by atoms with Crippen molar-refractivity contribution in [1.29, 1.82) is 0 Å². The van der Waals surface area contributed by atoms with Crippen LogP contribution < -0.4 is 5.32 Å². The molecule has 0 bridgehead atoms. The molecule has 0 radical (unpaired) electrons. The molecule has 0 saturated heterocycles. The highest BCUT2D eigenvalue weighted by atomic mass is 35.5. The van der Waals surface area contributed by atoms with E-state index in [1.807, 2.05) is 0 Å². The number of benzene rings is 1. The first-order valence-electron chi connectivity index (χ1n) is 5.83. The lowest BCUT2D eigenvalue weighted by Gasteiger charge is -2.18. The molecule has 114 valence electrons. The summed E-state index contributed by atoms with van der Waals surface area (Å²) in [5.74, 6) is -1.45. The van der Waals surface area contributed by atoms with Crippen LogP contribution in [0.1, 0.15) is 0 Å². The summed E-state index contributed by atoms with van der Waals surface area (Å²) < 4.78 is 0. The van der Waals surface area contributed by atoms with E-state index in [2.05, 4.69) is 11.9 Å². The molecule has 0 heterocycles. The number of carbonyl (C=O) groups excluding carboxylic acids is 1. The van der Waals surface area contributed by atoms with E-state index in [1.54, 1.807) is 0 Å². The fraction of sp³-hybridized carbons (Fsp3) is 0.231. The van der Waals surface area contributed by atoms with Crippen molar-refractivity contribution >= 4 is 52.4 Å². The number of nitrogens with zero attached hydrogens (tertiary/aromatic N) is 1. The smallest absolute Gasteiger partial charge is 0.317 e. The van der Waals surface area contributed by atoms with E-state index in [4.69, 9.17) is 39.9 Å². The van der Waals surface area contributed by atoms with Crippen LogP contribution >= 0.6 is 34.8 Å². The third kappa shape index (κ3) is 5.93. The van der Waals surface area contributed by atoms with Gasteiger partial charge in [-0.2, -0.15) is 0 Å². The largest absolute Gasteiger partial charge is 0.480 e. The molecule has 8 heteroatoms. The lowest BCUT2D eigenvalue weighted by atomic mass is 10.3. The zero-order valence-corrected chi connectivity index (χ0v) is 13.2. The van der Waals surface area contributed by atoms with Crippen molar-refractivity contribution in [2.45, 2.75) is 0 Å². The second-order valence-electron chi connectivity index (χ2n) is 4.15. The average molecular weight is 352 g/mol. The number of halogens is 3. The van der Waals surface area contributed by atoms with E-state index < -0.39 is 11.9 Å². The van der Waals surface area contributed by atoms with E-state index in [9.17, 15) is 9.59 Å². The molecule has 0 aliphatic heterocycles. The summed E-state index contributed by atoms with van der Waals surface area (Å²) in [5.41, 5.74) is 0.310. The Bertz CT molecular complexity index is 564. The Labute approximate surface area is 137 Å². The highest BCUT2D eigenvalue weighted by Crippen LogP contribution is 2.32. The zero-order valence-electron chi connectivity index (χ0n) is 10.9. The second kappa shape index (κ2) is 8.24. The number of amides is 1. The van der Waals surface area contributed by atoms with Crippen molar-refractivity contribution in [3.8, 4) is 0 Å². The van der Waals surface area contributed by atoms with Crippen LogP contribution in [0.5, 0.6) is 0 Å². The van der Waals surface area contributed by atoms with Gasteiger partial charge in [-0.3, -0.25) is 14.5 Å². The first kappa shape index (κ1) is 17.8. The molecule has 1 amide bonds. The predicted molar refractivity (Wildman–Crippen MR) is 84.4 cm³/mol. The SMILES string of the molecule is C=CCN(CC(=O)O)CC(=O)Nc1cc(Cl)c(Cl)cc1Cl. The first-order valence-corrected chi connectivity index (χ1v) is 6.96. The van der Waals surface area contributed by atoms with Gasteiger partial charge in [-0.15, -0.1) is 6.58 Å². The highest BCUT2D eigenvalue weighted by Gasteiger charge is 2.14. The zero-order chi connectivity index (χ0) is 16.0. The molecule has 21 heavy (non-hydrogen) atoms. The van der Waals surface area contributed by atoms with Gasteiger partial charge in [-0.1, -0.05) is 40.9 Å². The molecule has 2 N–H and O–H groups in total. The Balaban J connectivity index is 2.74. The Morgan fingerprint density at radius 3 is 2.38 bits per heavy atom. The summed E-state index contributed by atoms with van der Waals surface area (Å²) in [6, 6.07) is 2.85. The maximum Gasteiger partial charge on any atom is 0.317 e. The molecular weight excluding hydrogens is 339 g/mol. The Morgan fingerprint density at radius 2 is 1.81 bits per heavy atom. The van der Waals surface area contributed by atoms with Gasteiger partial charge in [0, 0.05) is 6.54 Å². The Hall–Kier alpha value is -1.27. The summed E-state index contributed by atoms with van der Waals surface area (Å²) in [4.78, 5) is 24.0. The molecule has 1 aromatic rings. The number of carboxylic acid groups (broad SMARTS) is 1. The number of rotatable bonds is 7. The second-order valence-corrected chi connectivity index (χ2v) is 5.37. The van der Waals surface area contributed by atoms with Crippen LogP contribution in [0.2, 0.25) is 15.1 Å². The molecule has 0 aromatic heterocycles. The van der Waals surface area contributed by atoms with E-state index in [0.29, 0.717) is 5.69 Å². The van der Waals surface area contributed by atoms with Crippen molar-refractivity contribution in [3.63, 3.8) is 0 Å². The van der Waals surface area contributed by atoms with Crippen molar-refractivity contribution in [1.82, 2.24) is 4.90 Å². The van der Waals surface area contributed by atoms with Gasteiger partial charge in [0.15, 0.2) is 0 Å². The van der Waals surface area contributed by atoms with Gasteiger partial charge in [-0.25, -0.2) is 0 Å². The normalized spacial score (nSPS) is 10.5. The topological polar surface area (TPSA) is 69.6 Å². The van der Waals surface area contributed by atoms with Crippen LogP contribution in [0.25, 0.3) is 0 Å². The molecule has 0 fully saturated rings. The number of hydrogen-bond donors (Lipinski definition) is 2. The molecular formula is C13H13Cl3N2O3. The van der Waals surface area contributed by atoms with Crippen LogP contribution in [0.3, 0.4) is 0 Å². The number of nitrogens with one attached hydrogen (secondary N) is 1. The summed E-state index contributed by atoms with van der Waals surface area (Å²) in [7, 11) is 0. The van der Waals surface area contributed by atoms with Crippen molar-refractivity contribution in [2.75, 3.05) is 25.0 Å². The standard InChI is InChI=1S/C13H13Cl3N2O3/c1-2-3-18(7-13(20)21)6-12(19)17-11-5-9(15)8(14)4-10(11)16/h2,4-5H,1,3,6-7H2,(H,17,19)(H,20,21). The van der Waals surface area contributed by atoms with Gasteiger partial charge >= 0.3 is 5.97 Å². The van der Waals surface area contributed by atoms with Gasteiger partial charge in [-0.05, 0) is 12.1 Å². The van der Waals surface area contributed by atoms with Crippen molar-refractivity contribution < 1.29 is 14.7 Å². The van der Waals surface area contributed by atoms with Gasteiger partial charge < -0.3 is 10.4 Å². The maximum absolute atomic E-state index is 11.9. The van der Waals surface area contributed by atoms with Crippen molar-refractivity contribution in [3.05, 3.63) is 39.9 Å². The molecule has 0 spiro atoms. The number of hydrogen-bond acceptors (Lipinski definition) is 3. The van der Waals surface area contributed by atoms with E-state index in [-0.39, 0.29) is 34.7 Å². The summed E-state index contributed by atoms with van der Waals surface area (Å²) in [6.07, 6.45) is 1.52. The Kier molecular flexibility index (Phi) is 6.98. The molecule has 0 aliphatic carbocycles. The van der Waals surface area contributed by atoms with E-state index in [1.165, 1.54) is 23.1 Å². The molecule has 1 rings (SSSR count). The molecule has 0 saturated carbocycles. The molecule has 5 nitrogen and oxygen atoms in total. The molecule has 0 unspecified atom stereocenters. The van der Waals surface area contributed by atoms with Crippen LogP contribution in [0.15, 0.2) is 24.8 Å². The van der Waals surface area contributed by atoms with Crippen LogP contribution in [0, 0.1) is 0 Å². The van der Waals surface area contributed by atoms with E-state index >= 15 is 0 Å². The van der Waals surface area contributed by atoms with Crippen LogP contribution in [-0.2, 0) is 9.59 Å². The monoisotopic (exact) mass is 350 g/mol. The molecule has 0 aliphatic rings. The van der Waals surface area contributed by atoms with Gasteiger partial charge in [0.1, 0.15) is 0 Å². The van der Waals surface area contributed by atoms with Crippen molar-refractivity contribution in [2.24, 2.45) is 0 Å². The number of carboxylic acids is 1. The minimum Gasteiger partial charge on any atom is -0.480 e. The predicted octanol–water partition coefficient (Wildman–Crippen LogP) is 3.16. The van der Waals surface area contributed by atoms with Gasteiger partial charge in [0.25, 0.3) is 0 Å². The lowest BCUT2D eigenvalue weighted by molar-refractivity contribution is -0.138. The quantitative estimate of drug-likeness (QED) is 0.585. The number of anilines is 1. The van der Waals surface area contributed by atoms with E-state index in [0.717, 1.165) is 0 Å². The molecule has 0 atom stereocenters. The summed E-state index contributed by atoms with van der Waals surface area (Å²) >= 11 is 17.6. The van der Waals surface area contributed by atoms with Crippen LogP contribution in [-0.4, -0.2) is 41.5 Å². The Morgan fingerprint density at radius 1 is 1.19 bits per heavy atom. The minimum atomic E-state index is -1.03. The third-order valence-electron chi connectivity index (χ3n) is 2.40. The van der Waals surface area contributed by atoms with Gasteiger partial charge in [0.05, 0.1) is 33.8 Å². The summed E-state index contributed by atoms with van der Waals surface area (Å²) in [6.45, 7) is 3.40. The lowest BCUT2D eigenvalue weighted by Crippen LogP contribution is -2.37. The van der Waals surface area contributed by atoms with Gasteiger partial charge in [0.2, 0.25) is 5.91 Å². The van der Waals surface area contributed by atoms with Crippen LogP contribution in [0.4, 0.5) is 5.69 Å². The summed E-state index contributed by atoms with van der Waals surface area (Å²) in [5, 5.41) is 12.1. The first-order chi connectivity index (χ1) is 9.83. The maximum atomic E-state index is 11.9. The fourth-order valence-corrected chi connectivity index (χ4v) is 2.16. The molecule has 1 aromatic carbocycles. The number of carbonyl (C=O) groups is 2. The number of aliphatic carboxylic acids is 1. The highest BCUT2D eigenvalue weighted by molar-refractivity contribution is 6.44. The fourth-order valence-electron chi connectivity index (χ4n) is 1.57. The average Bonchev–Trinajstić information content (AvgIpc) is 2.35. The minimum absolute atomic E-state index is 0.116.